The Hall–Kier alpha value is -2.49. The van der Waals surface area contributed by atoms with E-state index in [4.69, 9.17) is 9.47 Å². The third-order valence-corrected chi connectivity index (χ3v) is 5.22. The van der Waals surface area contributed by atoms with Crippen LogP contribution in [0.3, 0.4) is 0 Å². The summed E-state index contributed by atoms with van der Waals surface area (Å²) in [6.07, 6.45) is -0.571. The first-order valence-corrected chi connectivity index (χ1v) is 9.37. The summed E-state index contributed by atoms with van der Waals surface area (Å²) in [4.78, 5) is 33.6. The molecule has 0 bridgehead atoms. The Morgan fingerprint density at radius 1 is 1.08 bits per heavy atom. The van der Waals surface area contributed by atoms with Crippen molar-refractivity contribution in [2.75, 3.05) is 6.61 Å². The van der Waals surface area contributed by atoms with Crippen LogP contribution in [0.4, 0.5) is 5.69 Å². The van der Waals surface area contributed by atoms with Crippen LogP contribution < -0.4 is 0 Å². The second-order valence-corrected chi connectivity index (χ2v) is 8.19. The minimum absolute atomic E-state index is 0.295. The molecule has 0 radical (unpaired) electrons. The Morgan fingerprint density at radius 3 is 2.04 bits per heavy atom. The first-order chi connectivity index (χ1) is 12.0. The highest BCUT2D eigenvalue weighted by molar-refractivity contribution is 7.92. The Kier molecular flexibility index (Phi) is 7.25. The summed E-state index contributed by atoms with van der Waals surface area (Å²) >= 11 is 0. The topological polar surface area (TPSA) is 130 Å². The average Bonchev–Trinajstić information content (AvgIpc) is 2.53. The van der Waals surface area contributed by atoms with Crippen LogP contribution in [0.1, 0.15) is 27.7 Å². The number of carbonyl (C=O) groups excluding carboxylic acids is 2. The molecule has 1 atom stereocenters. The van der Waals surface area contributed by atoms with Crippen LogP contribution >= 0.6 is 0 Å². The van der Waals surface area contributed by atoms with Gasteiger partial charge in [0.05, 0.1) is 21.8 Å². The van der Waals surface area contributed by atoms with Crippen molar-refractivity contribution < 1.29 is 32.4 Å². The molecule has 0 saturated carbocycles. The summed E-state index contributed by atoms with van der Waals surface area (Å²) < 4.78 is 35.4. The van der Waals surface area contributed by atoms with Crippen LogP contribution in [-0.4, -0.2) is 43.2 Å². The predicted molar refractivity (Wildman–Crippen MR) is 91.1 cm³/mol. The third-order valence-electron chi connectivity index (χ3n) is 3.21. The maximum absolute atomic E-state index is 12.8. The van der Waals surface area contributed by atoms with Crippen LogP contribution in [0.2, 0.25) is 0 Å². The van der Waals surface area contributed by atoms with Crippen molar-refractivity contribution in [1.29, 1.82) is 0 Å². The van der Waals surface area contributed by atoms with E-state index < -0.39 is 50.6 Å². The summed E-state index contributed by atoms with van der Waals surface area (Å²) in [5.74, 6) is -2.22. The number of carbonyl (C=O) groups is 2. The van der Waals surface area contributed by atoms with Gasteiger partial charge in [-0.3, -0.25) is 19.7 Å². The summed E-state index contributed by atoms with van der Waals surface area (Å²) in [6.45, 7) is 5.52. The smallest absolute Gasteiger partial charge is 0.328 e. The zero-order valence-corrected chi connectivity index (χ0v) is 15.7. The molecule has 0 heterocycles. The van der Waals surface area contributed by atoms with Gasteiger partial charge in [0.15, 0.2) is 15.1 Å². The zero-order chi connectivity index (χ0) is 20.1. The van der Waals surface area contributed by atoms with Gasteiger partial charge in [-0.1, -0.05) is 13.8 Å². The molecule has 26 heavy (non-hydrogen) atoms. The second kappa shape index (κ2) is 8.75. The van der Waals surface area contributed by atoms with E-state index in [0.29, 0.717) is 0 Å². The van der Waals surface area contributed by atoms with Gasteiger partial charge in [0.25, 0.3) is 5.69 Å². The van der Waals surface area contributed by atoms with Crippen LogP contribution in [-0.2, 0) is 28.9 Å². The third kappa shape index (κ3) is 5.51. The maximum atomic E-state index is 12.8. The lowest BCUT2D eigenvalue weighted by atomic mass is 10.2. The minimum Gasteiger partial charge on any atom is -0.463 e. The van der Waals surface area contributed by atoms with Gasteiger partial charge in [-0.2, -0.15) is 0 Å². The van der Waals surface area contributed by atoms with Gasteiger partial charge in [0, 0.05) is 12.1 Å². The number of hydrogen-bond acceptors (Lipinski definition) is 8. The van der Waals surface area contributed by atoms with E-state index >= 15 is 0 Å². The molecular formula is C16H21NO8S. The second-order valence-electron chi connectivity index (χ2n) is 6.06. The van der Waals surface area contributed by atoms with E-state index in [1.54, 1.807) is 27.7 Å². The van der Waals surface area contributed by atoms with Gasteiger partial charge in [-0.25, -0.2) is 8.42 Å². The molecule has 0 aromatic heterocycles. The van der Waals surface area contributed by atoms with E-state index in [0.717, 1.165) is 24.3 Å². The molecule has 1 aromatic carbocycles. The molecule has 0 aliphatic rings. The molecule has 0 amide bonds. The summed E-state index contributed by atoms with van der Waals surface area (Å²) in [5, 5.41) is 8.92. The van der Waals surface area contributed by atoms with Crippen molar-refractivity contribution >= 4 is 27.5 Å². The van der Waals surface area contributed by atoms with Gasteiger partial charge >= 0.3 is 11.9 Å². The highest BCUT2D eigenvalue weighted by Gasteiger charge is 2.37. The van der Waals surface area contributed by atoms with Crippen LogP contribution in [0.15, 0.2) is 29.2 Å². The summed E-state index contributed by atoms with van der Waals surface area (Å²) in [7, 11) is -4.28. The van der Waals surface area contributed by atoms with E-state index in [2.05, 4.69) is 0 Å². The average molecular weight is 387 g/mol. The molecular weight excluding hydrogens is 366 g/mol. The maximum Gasteiger partial charge on any atom is 0.328 e. The molecule has 144 valence electrons. The minimum atomic E-state index is -4.28. The lowest BCUT2D eigenvalue weighted by Gasteiger charge is -2.19. The first-order valence-electron chi connectivity index (χ1n) is 7.82. The van der Waals surface area contributed by atoms with Crippen molar-refractivity contribution in [3.63, 3.8) is 0 Å². The molecule has 9 nitrogen and oxygen atoms in total. The van der Waals surface area contributed by atoms with Gasteiger partial charge in [-0.15, -0.1) is 0 Å². The number of ether oxygens (including phenoxy) is 2. The molecule has 0 aliphatic heterocycles. The lowest BCUT2D eigenvalue weighted by molar-refractivity contribution is -0.384. The Morgan fingerprint density at radius 2 is 1.62 bits per heavy atom. The number of hydrogen-bond donors (Lipinski definition) is 0. The monoisotopic (exact) mass is 387 g/mol. The molecule has 0 saturated heterocycles. The van der Waals surface area contributed by atoms with Gasteiger partial charge in [0.2, 0.25) is 0 Å². The van der Waals surface area contributed by atoms with E-state index in [1.165, 1.54) is 0 Å². The fraction of sp³-hybridized carbons (Fsp3) is 0.500. The van der Waals surface area contributed by atoms with Gasteiger partial charge in [0.1, 0.15) is 6.61 Å². The van der Waals surface area contributed by atoms with Crippen LogP contribution in [0.5, 0.6) is 0 Å². The number of non-ortho nitro benzene ring substituents is 1. The van der Waals surface area contributed by atoms with Gasteiger partial charge in [-0.05, 0) is 26.0 Å². The number of benzene rings is 1. The molecule has 0 N–H and O–H groups in total. The first kappa shape index (κ1) is 21.6. The van der Waals surface area contributed by atoms with Gasteiger partial charge < -0.3 is 9.47 Å². The predicted octanol–water partition coefficient (Wildman–Crippen LogP) is 1.89. The van der Waals surface area contributed by atoms with Crippen molar-refractivity contribution in [3.05, 3.63) is 34.4 Å². The summed E-state index contributed by atoms with van der Waals surface area (Å²) in [6, 6.07) is 4.07. The van der Waals surface area contributed by atoms with Crippen molar-refractivity contribution in [1.82, 2.24) is 0 Å². The Bertz CT molecular complexity index is 768. The molecule has 1 aromatic rings. The quantitative estimate of drug-likeness (QED) is 0.375. The van der Waals surface area contributed by atoms with Crippen molar-refractivity contribution in [2.24, 2.45) is 5.92 Å². The Balaban J connectivity index is 3.18. The number of nitrogens with zero attached hydrogens (tertiary/aromatic N) is 1. The molecule has 0 spiro atoms. The number of nitro groups is 1. The largest absolute Gasteiger partial charge is 0.463 e. The highest BCUT2D eigenvalue weighted by Crippen LogP contribution is 2.21. The number of sulfone groups is 1. The molecule has 10 heteroatoms. The fourth-order valence-corrected chi connectivity index (χ4v) is 3.24. The lowest BCUT2D eigenvalue weighted by Crippen LogP contribution is -2.38. The normalized spacial score (nSPS) is 12.7. The number of esters is 2. The van der Waals surface area contributed by atoms with Crippen molar-refractivity contribution in [2.45, 2.75) is 43.9 Å². The number of nitro benzene ring substituents is 1. The molecule has 1 unspecified atom stereocenters. The highest BCUT2D eigenvalue weighted by atomic mass is 32.2. The van der Waals surface area contributed by atoms with E-state index in [-0.39, 0.29) is 10.6 Å². The number of rotatable bonds is 8. The van der Waals surface area contributed by atoms with E-state index in [9.17, 15) is 28.1 Å². The van der Waals surface area contributed by atoms with Crippen molar-refractivity contribution in [3.8, 4) is 0 Å². The van der Waals surface area contributed by atoms with Crippen LogP contribution in [0, 0.1) is 16.0 Å². The molecule has 0 fully saturated rings. The Labute approximate surface area is 151 Å². The zero-order valence-electron chi connectivity index (χ0n) is 14.9. The van der Waals surface area contributed by atoms with E-state index in [1.807, 2.05) is 0 Å². The summed E-state index contributed by atoms with van der Waals surface area (Å²) in [5.41, 5.74) is -0.295. The molecule has 1 rings (SSSR count). The SMILES string of the molecule is CC(C)OC(=O)C(COC(=O)C(C)C)S(=O)(=O)c1ccc([N+](=O)[O-])cc1. The fourth-order valence-electron chi connectivity index (χ4n) is 1.84. The standard InChI is InChI=1S/C16H21NO8S/c1-10(2)15(18)24-9-14(16(19)25-11(3)4)26(22,23)13-7-5-12(6-8-13)17(20)21/h5-8,10-11,14H,9H2,1-4H3. The van der Waals surface area contributed by atoms with Crippen LogP contribution in [0.25, 0.3) is 0 Å². The molecule has 0 aliphatic carbocycles.